The molecule has 0 aliphatic carbocycles. The smallest absolute Gasteiger partial charge is 0.303 e. The fourth-order valence-electron chi connectivity index (χ4n) is 0.881. The van der Waals surface area contributed by atoms with Crippen molar-refractivity contribution >= 4 is 5.97 Å². The summed E-state index contributed by atoms with van der Waals surface area (Å²) < 4.78 is 4.88. The molecule has 0 spiro atoms. The van der Waals surface area contributed by atoms with Crippen LogP contribution in [0.1, 0.15) is 40.0 Å². The summed E-state index contributed by atoms with van der Waals surface area (Å²) in [4.78, 5) is 10.5. The van der Waals surface area contributed by atoms with E-state index in [0.717, 1.165) is 12.8 Å². The lowest BCUT2D eigenvalue weighted by molar-refractivity contribution is -0.143. The molecule has 14 heavy (non-hydrogen) atoms. The lowest BCUT2D eigenvalue weighted by atomic mass is 10.2. The van der Waals surface area contributed by atoms with Gasteiger partial charge in [-0.3, -0.25) is 4.79 Å². The molecule has 0 aromatic heterocycles. The predicted molar refractivity (Wildman–Crippen MR) is 57.7 cm³/mol. The molecule has 0 aliphatic rings. The minimum absolute atomic E-state index is 0.187. The van der Waals surface area contributed by atoms with Crippen LogP contribution < -0.4 is 0 Å². The lowest BCUT2D eigenvalue weighted by Gasteiger charge is -2.04. The van der Waals surface area contributed by atoms with Crippen molar-refractivity contribution in [3.63, 3.8) is 0 Å². The quantitative estimate of drug-likeness (QED) is 0.391. The topological polar surface area (TPSA) is 26.3 Å². The molecule has 0 radical (unpaired) electrons. The predicted octanol–water partition coefficient (Wildman–Crippen LogP) is 2.69. The highest BCUT2D eigenvalue weighted by atomic mass is 16.5. The van der Waals surface area contributed by atoms with Crippen LogP contribution in [0.5, 0.6) is 0 Å². The number of hydrogen-bond acceptors (Lipinski definition) is 2. The molecule has 1 unspecified atom stereocenters. The van der Waals surface area contributed by atoms with Crippen molar-refractivity contribution in [1.82, 2.24) is 0 Å². The molecule has 0 heterocycles. The second kappa shape index (κ2) is 8.37. The minimum atomic E-state index is -0.263. The number of rotatable bonds is 4. The second-order valence-corrected chi connectivity index (χ2v) is 3.10. The minimum Gasteiger partial charge on any atom is -0.459 e. The molecule has 2 heteroatoms. The van der Waals surface area contributed by atoms with Crippen LogP contribution in [0.2, 0.25) is 0 Å². The highest BCUT2D eigenvalue weighted by molar-refractivity contribution is 5.66. The van der Waals surface area contributed by atoms with Gasteiger partial charge in [0.05, 0.1) is 0 Å². The Balaban J connectivity index is 3.68. The van der Waals surface area contributed by atoms with E-state index in [1.165, 1.54) is 13.3 Å². The lowest BCUT2D eigenvalue weighted by Crippen LogP contribution is -2.08. The number of allylic oxidation sites excluding steroid dienone is 1. The summed E-state index contributed by atoms with van der Waals surface area (Å²) in [5, 5.41) is 0. The zero-order chi connectivity index (χ0) is 10.8. The molecule has 0 N–H and O–H groups in total. The summed E-state index contributed by atoms with van der Waals surface area (Å²) in [6, 6.07) is 0. The molecule has 0 bridgehead atoms. The summed E-state index contributed by atoms with van der Waals surface area (Å²) in [7, 11) is 0. The summed E-state index contributed by atoms with van der Waals surface area (Å²) in [5.41, 5.74) is 0. The first-order valence-electron chi connectivity index (χ1n) is 4.99. The first-order chi connectivity index (χ1) is 6.66. The largest absolute Gasteiger partial charge is 0.459 e. The Morgan fingerprint density at radius 3 is 2.86 bits per heavy atom. The summed E-state index contributed by atoms with van der Waals surface area (Å²) >= 11 is 0. The van der Waals surface area contributed by atoms with E-state index in [0.29, 0.717) is 0 Å². The van der Waals surface area contributed by atoms with Crippen molar-refractivity contribution in [2.24, 2.45) is 0 Å². The first kappa shape index (κ1) is 12.8. The highest BCUT2D eigenvalue weighted by Crippen LogP contribution is 1.93. The Kier molecular flexibility index (Phi) is 7.64. The van der Waals surface area contributed by atoms with Crippen LogP contribution in [0.4, 0.5) is 0 Å². The van der Waals surface area contributed by atoms with E-state index in [4.69, 9.17) is 4.74 Å². The van der Waals surface area contributed by atoms with Crippen molar-refractivity contribution in [2.45, 2.75) is 46.1 Å². The Hall–Kier alpha value is -1.23. The van der Waals surface area contributed by atoms with E-state index in [9.17, 15) is 4.79 Å². The zero-order valence-electron chi connectivity index (χ0n) is 9.17. The Bertz CT molecular complexity index is 243. The second-order valence-electron chi connectivity index (χ2n) is 3.10. The SMILES string of the molecule is CCCCC#C/C=C/C(C)OC(C)=O. The van der Waals surface area contributed by atoms with Gasteiger partial charge >= 0.3 is 5.97 Å². The highest BCUT2D eigenvalue weighted by Gasteiger charge is 1.97. The van der Waals surface area contributed by atoms with E-state index < -0.39 is 0 Å². The molecular weight excluding hydrogens is 176 g/mol. The fraction of sp³-hybridized carbons (Fsp3) is 0.583. The molecule has 0 aromatic rings. The van der Waals surface area contributed by atoms with Crippen LogP contribution in [0.15, 0.2) is 12.2 Å². The molecule has 0 amide bonds. The number of carbonyl (C=O) groups is 1. The normalized spacial score (nSPS) is 11.9. The summed E-state index contributed by atoms with van der Waals surface area (Å²) in [6.07, 6.45) is 6.57. The van der Waals surface area contributed by atoms with Gasteiger partial charge in [-0.25, -0.2) is 0 Å². The van der Waals surface area contributed by atoms with Gasteiger partial charge in [0.25, 0.3) is 0 Å². The molecule has 0 saturated carbocycles. The Labute approximate surface area is 86.3 Å². The van der Waals surface area contributed by atoms with Crippen molar-refractivity contribution in [3.8, 4) is 11.8 Å². The van der Waals surface area contributed by atoms with Crippen molar-refractivity contribution < 1.29 is 9.53 Å². The van der Waals surface area contributed by atoms with Crippen LogP contribution in [-0.2, 0) is 9.53 Å². The number of unbranched alkanes of at least 4 members (excludes halogenated alkanes) is 2. The zero-order valence-corrected chi connectivity index (χ0v) is 9.17. The van der Waals surface area contributed by atoms with Gasteiger partial charge in [-0.2, -0.15) is 0 Å². The number of ether oxygens (including phenoxy) is 1. The van der Waals surface area contributed by atoms with Gasteiger partial charge in [0.2, 0.25) is 0 Å². The maximum absolute atomic E-state index is 10.5. The average molecular weight is 194 g/mol. The van der Waals surface area contributed by atoms with Crippen molar-refractivity contribution in [2.75, 3.05) is 0 Å². The van der Waals surface area contributed by atoms with Crippen molar-refractivity contribution in [1.29, 1.82) is 0 Å². The van der Waals surface area contributed by atoms with Crippen LogP contribution in [-0.4, -0.2) is 12.1 Å². The Morgan fingerprint density at radius 2 is 2.29 bits per heavy atom. The van der Waals surface area contributed by atoms with Gasteiger partial charge in [-0.15, -0.1) is 0 Å². The molecule has 2 nitrogen and oxygen atoms in total. The molecular formula is C12H18O2. The van der Waals surface area contributed by atoms with Crippen LogP contribution in [0.3, 0.4) is 0 Å². The van der Waals surface area contributed by atoms with E-state index in [2.05, 4.69) is 18.8 Å². The van der Waals surface area contributed by atoms with Crippen molar-refractivity contribution in [3.05, 3.63) is 12.2 Å². The van der Waals surface area contributed by atoms with Crippen LogP contribution in [0.25, 0.3) is 0 Å². The average Bonchev–Trinajstić information content (AvgIpc) is 2.10. The molecule has 0 rings (SSSR count). The van der Waals surface area contributed by atoms with E-state index in [-0.39, 0.29) is 12.1 Å². The van der Waals surface area contributed by atoms with E-state index in [1.54, 1.807) is 12.2 Å². The van der Waals surface area contributed by atoms with Gasteiger partial charge in [-0.1, -0.05) is 25.2 Å². The Morgan fingerprint density at radius 1 is 1.57 bits per heavy atom. The van der Waals surface area contributed by atoms with Gasteiger partial charge in [0.1, 0.15) is 6.10 Å². The maximum Gasteiger partial charge on any atom is 0.303 e. The third-order valence-electron chi connectivity index (χ3n) is 1.56. The van der Waals surface area contributed by atoms with E-state index in [1.807, 2.05) is 6.92 Å². The monoisotopic (exact) mass is 194 g/mol. The molecule has 0 aromatic carbocycles. The van der Waals surface area contributed by atoms with Gasteiger partial charge in [0.15, 0.2) is 0 Å². The number of esters is 1. The third-order valence-corrected chi connectivity index (χ3v) is 1.56. The van der Waals surface area contributed by atoms with Gasteiger partial charge in [-0.05, 0) is 25.5 Å². The number of hydrogen-bond donors (Lipinski definition) is 0. The maximum atomic E-state index is 10.5. The third kappa shape index (κ3) is 8.86. The molecule has 0 aliphatic heterocycles. The number of carbonyl (C=O) groups excluding carboxylic acids is 1. The van der Waals surface area contributed by atoms with Crippen LogP contribution >= 0.6 is 0 Å². The van der Waals surface area contributed by atoms with Gasteiger partial charge in [0, 0.05) is 13.3 Å². The van der Waals surface area contributed by atoms with Crippen LogP contribution in [0, 0.1) is 11.8 Å². The first-order valence-corrected chi connectivity index (χ1v) is 4.99. The summed E-state index contributed by atoms with van der Waals surface area (Å²) in [6.45, 7) is 5.35. The van der Waals surface area contributed by atoms with Gasteiger partial charge < -0.3 is 4.74 Å². The standard InChI is InChI=1S/C12H18O2/c1-4-5-6-7-8-9-10-11(2)14-12(3)13/h9-11H,4-6H2,1-3H3/b10-9+. The fourth-order valence-corrected chi connectivity index (χ4v) is 0.881. The summed E-state index contributed by atoms with van der Waals surface area (Å²) in [5.74, 6) is 5.66. The molecule has 0 fully saturated rings. The molecule has 78 valence electrons. The van der Waals surface area contributed by atoms with E-state index >= 15 is 0 Å². The molecule has 1 atom stereocenters. The molecule has 0 saturated heterocycles.